The van der Waals surface area contributed by atoms with E-state index in [4.69, 9.17) is 0 Å². The van der Waals surface area contributed by atoms with Crippen LogP contribution in [0.5, 0.6) is 5.75 Å². The normalized spacial score (nSPS) is 26.1. The predicted octanol–water partition coefficient (Wildman–Crippen LogP) is 3.15. The Morgan fingerprint density at radius 1 is 1.19 bits per heavy atom. The molecule has 0 aromatic heterocycles. The number of hydrogen-bond acceptors (Lipinski definition) is 3. The van der Waals surface area contributed by atoms with Crippen LogP contribution in [0.4, 0.5) is 4.39 Å². The number of hydrogen-bond donors (Lipinski definition) is 1. The van der Waals surface area contributed by atoms with Crippen molar-refractivity contribution in [2.24, 2.45) is 0 Å². The van der Waals surface area contributed by atoms with Crippen LogP contribution in [-0.4, -0.2) is 47.1 Å². The molecule has 3 rings (SSSR count). The van der Waals surface area contributed by atoms with E-state index in [1.54, 1.807) is 0 Å². The first-order chi connectivity index (χ1) is 10.1. The zero-order chi connectivity index (χ0) is 14.8. The van der Waals surface area contributed by atoms with Gasteiger partial charge in [0.05, 0.1) is 0 Å². The Hall–Kier alpha value is -1.13. The lowest BCUT2D eigenvalue weighted by molar-refractivity contribution is 0.154. The van der Waals surface area contributed by atoms with Crippen LogP contribution in [0.3, 0.4) is 0 Å². The highest BCUT2D eigenvalue weighted by Gasteiger charge is 2.31. The van der Waals surface area contributed by atoms with Crippen molar-refractivity contribution in [3.05, 3.63) is 29.6 Å². The van der Waals surface area contributed by atoms with E-state index < -0.39 is 0 Å². The molecule has 0 spiro atoms. The molecule has 1 aromatic carbocycles. The van der Waals surface area contributed by atoms with Gasteiger partial charge < -0.3 is 5.11 Å². The average molecular weight is 292 g/mol. The van der Waals surface area contributed by atoms with Crippen molar-refractivity contribution < 1.29 is 9.50 Å². The third-order valence-electron chi connectivity index (χ3n) is 5.09. The first-order valence-corrected chi connectivity index (χ1v) is 8.11. The van der Waals surface area contributed by atoms with Gasteiger partial charge in [-0.3, -0.25) is 9.80 Å². The van der Waals surface area contributed by atoms with E-state index in [9.17, 15) is 9.50 Å². The largest absolute Gasteiger partial charge is 0.508 e. The Morgan fingerprint density at radius 3 is 2.71 bits per heavy atom. The van der Waals surface area contributed by atoms with Crippen molar-refractivity contribution in [3.63, 3.8) is 0 Å². The van der Waals surface area contributed by atoms with Gasteiger partial charge in [-0.05, 0) is 57.5 Å². The fourth-order valence-corrected chi connectivity index (χ4v) is 3.76. The molecule has 2 fully saturated rings. The first kappa shape index (κ1) is 14.8. The molecule has 116 valence electrons. The molecule has 2 unspecified atom stereocenters. The number of rotatable bonds is 3. The molecular formula is C17H25FN2O. The second-order valence-electron chi connectivity index (χ2n) is 6.41. The monoisotopic (exact) mass is 292 g/mol. The van der Waals surface area contributed by atoms with Gasteiger partial charge in [-0.25, -0.2) is 4.39 Å². The third kappa shape index (κ3) is 3.22. The quantitative estimate of drug-likeness (QED) is 0.927. The van der Waals surface area contributed by atoms with Gasteiger partial charge in [0.1, 0.15) is 11.6 Å². The molecule has 0 bridgehead atoms. The van der Waals surface area contributed by atoms with Crippen molar-refractivity contribution in [1.82, 2.24) is 9.80 Å². The Balaban J connectivity index is 1.66. The zero-order valence-corrected chi connectivity index (χ0v) is 12.8. The van der Waals surface area contributed by atoms with Crippen LogP contribution in [0, 0.1) is 5.82 Å². The smallest absolute Gasteiger partial charge is 0.123 e. The predicted molar refractivity (Wildman–Crippen MR) is 81.9 cm³/mol. The summed E-state index contributed by atoms with van der Waals surface area (Å²) in [6.07, 6.45) is 5.17. The molecule has 3 nitrogen and oxygen atoms in total. The summed E-state index contributed by atoms with van der Waals surface area (Å²) in [5.41, 5.74) is 0.703. The van der Waals surface area contributed by atoms with E-state index in [0.717, 1.165) is 13.1 Å². The Morgan fingerprint density at radius 2 is 1.95 bits per heavy atom. The maximum Gasteiger partial charge on any atom is 0.123 e. The molecule has 21 heavy (non-hydrogen) atoms. The number of nitrogens with zero attached hydrogens (tertiary/aromatic N) is 2. The fraction of sp³-hybridized carbons (Fsp3) is 0.647. The molecule has 1 aromatic rings. The minimum atomic E-state index is -0.276. The Kier molecular flexibility index (Phi) is 4.45. The van der Waals surface area contributed by atoms with Crippen molar-refractivity contribution in [1.29, 1.82) is 0 Å². The van der Waals surface area contributed by atoms with Gasteiger partial charge in [0.2, 0.25) is 0 Å². The molecule has 1 N–H and O–H groups in total. The molecule has 2 aliphatic rings. The van der Waals surface area contributed by atoms with E-state index in [2.05, 4.69) is 16.7 Å². The van der Waals surface area contributed by atoms with Crippen LogP contribution in [0.2, 0.25) is 0 Å². The summed E-state index contributed by atoms with van der Waals surface area (Å²) in [5.74, 6) is -0.0771. The summed E-state index contributed by atoms with van der Waals surface area (Å²) < 4.78 is 13.4. The number of likely N-dealkylation sites (tertiary alicyclic amines) is 2. The molecule has 2 atom stereocenters. The first-order valence-electron chi connectivity index (χ1n) is 8.11. The van der Waals surface area contributed by atoms with E-state index in [0.29, 0.717) is 11.6 Å². The number of benzene rings is 1. The molecule has 2 aliphatic heterocycles. The zero-order valence-electron chi connectivity index (χ0n) is 12.8. The van der Waals surface area contributed by atoms with Crippen LogP contribution in [0.1, 0.15) is 44.2 Å². The Bertz CT molecular complexity index is 488. The van der Waals surface area contributed by atoms with Gasteiger partial charge in [-0.1, -0.05) is 6.42 Å². The minimum Gasteiger partial charge on any atom is -0.508 e. The third-order valence-corrected chi connectivity index (χ3v) is 5.09. The SMILES string of the molecule is CC(c1cc(F)ccc1O)N1CCC(N2CCCCC2)C1. The molecule has 0 aliphatic carbocycles. The lowest BCUT2D eigenvalue weighted by Gasteiger charge is -2.33. The molecule has 2 heterocycles. The van der Waals surface area contributed by atoms with Crippen LogP contribution >= 0.6 is 0 Å². The van der Waals surface area contributed by atoms with Crippen LogP contribution < -0.4 is 0 Å². The second-order valence-corrected chi connectivity index (χ2v) is 6.41. The number of halogens is 1. The van der Waals surface area contributed by atoms with E-state index in [1.165, 1.54) is 57.0 Å². The summed E-state index contributed by atoms with van der Waals surface area (Å²) in [7, 11) is 0. The summed E-state index contributed by atoms with van der Waals surface area (Å²) in [4.78, 5) is 4.98. The number of aromatic hydroxyl groups is 1. The van der Waals surface area contributed by atoms with Crippen molar-refractivity contribution in [2.75, 3.05) is 26.2 Å². The van der Waals surface area contributed by atoms with Crippen LogP contribution in [0.25, 0.3) is 0 Å². The molecule has 4 heteroatoms. The van der Waals surface area contributed by atoms with Crippen molar-refractivity contribution in [2.45, 2.75) is 44.7 Å². The fourth-order valence-electron chi connectivity index (χ4n) is 3.76. The van der Waals surface area contributed by atoms with Gasteiger partial charge in [-0.15, -0.1) is 0 Å². The maximum absolute atomic E-state index is 13.4. The summed E-state index contributed by atoms with van der Waals surface area (Å²) >= 11 is 0. The highest BCUT2D eigenvalue weighted by atomic mass is 19.1. The molecule has 2 saturated heterocycles. The standard InChI is InChI=1S/C17H25FN2O/c1-13(16-11-14(18)5-6-17(16)21)20-10-7-15(12-20)19-8-3-2-4-9-19/h5-6,11,13,15,21H,2-4,7-10,12H2,1H3. The average Bonchev–Trinajstić information content (AvgIpc) is 3.00. The number of phenolic OH excluding ortho intramolecular Hbond substituents is 1. The van der Waals surface area contributed by atoms with Gasteiger partial charge in [0, 0.05) is 30.7 Å². The van der Waals surface area contributed by atoms with Gasteiger partial charge in [-0.2, -0.15) is 0 Å². The molecular weight excluding hydrogens is 267 g/mol. The summed E-state index contributed by atoms with van der Waals surface area (Å²) in [6.45, 7) is 6.55. The van der Waals surface area contributed by atoms with Crippen molar-refractivity contribution in [3.8, 4) is 5.75 Å². The van der Waals surface area contributed by atoms with E-state index in [-0.39, 0.29) is 17.6 Å². The van der Waals surface area contributed by atoms with Gasteiger partial charge in [0.15, 0.2) is 0 Å². The summed E-state index contributed by atoms with van der Waals surface area (Å²) in [5, 5.41) is 9.98. The van der Waals surface area contributed by atoms with Crippen molar-refractivity contribution >= 4 is 0 Å². The number of piperidine rings is 1. The highest BCUT2D eigenvalue weighted by Crippen LogP contribution is 2.32. The lowest BCUT2D eigenvalue weighted by atomic mass is 10.1. The van der Waals surface area contributed by atoms with Crippen LogP contribution in [0.15, 0.2) is 18.2 Å². The van der Waals surface area contributed by atoms with E-state index >= 15 is 0 Å². The van der Waals surface area contributed by atoms with Gasteiger partial charge >= 0.3 is 0 Å². The summed E-state index contributed by atoms with van der Waals surface area (Å²) in [6, 6.07) is 4.93. The van der Waals surface area contributed by atoms with Gasteiger partial charge in [0.25, 0.3) is 0 Å². The topological polar surface area (TPSA) is 26.7 Å². The maximum atomic E-state index is 13.4. The minimum absolute atomic E-state index is 0.0653. The lowest BCUT2D eigenvalue weighted by Crippen LogP contribution is -2.41. The molecule has 0 saturated carbocycles. The van der Waals surface area contributed by atoms with E-state index in [1.807, 2.05) is 0 Å². The Labute approximate surface area is 126 Å². The molecule has 0 radical (unpaired) electrons. The van der Waals surface area contributed by atoms with Crippen LogP contribution in [-0.2, 0) is 0 Å². The molecule has 0 amide bonds. The highest BCUT2D eigenvalue weighted by molar-refractivity contribution is 5.35. The second kappa shape index (κ2) is 6.32. The number of phenols is 1.